The zero-order valence-corrected chi connectivity index (χ0v) is 13.5. The number of alkyl halides is 1. The monoisotopic (exact) mass is 372 g/mol. The molecule has 1 atom stereocenters. The van der Waals surface area contributed by atoms with Crippen molar-refractivity contribution in [2.45, 2.75) is 4.83 Å². The van der Waals surface area contributed by atoms with Crippen LogP contribution in [0.1, 0.15) is 16.0 Å². The molecule has 0 fully saturated rings. The Labute approximate surface area is 135 Å². The third-order valence-corrected chi connectivity index (χ3v) is 4.53. The Bertz CT molecular complexity index is 626. The van der Waals surface area contributed by atoms with Gasteiger partial charge in [-0.1, -0.05) is 45.2 Å². The van der Waals surface area contributed by atoms with Gasteiger partial charge in [0.05, 0.1) is 4.83 Å². The minimum absolute atomic E-state index is 0.00507. The van der Waals surface area contributed by atoms with Gasteiger partial charge >= 0.3 is 0 Å². The first kappa shape index (κ1) is 14.1. The van der Waals surface area contributed by atoms with Crippen molar-refractivity contribution in [3.8, 4) is 11.5 Å². The minimum atomic E-state index is -0.00507. The second-order valence-corrected chi connectivity index (χ2v) is 6.26. The molecule has 0 spiro atoms. The zero-order chi connectivity index (χ0) is 14.1. The fourth-order valence-corrected chi connectivity index (χ4v) is 3.22. The van der Waals surface area contributed by atoms with Crippen molar-refractivity contribution >= 4 is 39.1 Å². The lowest BCUT2D eigenvalue weighted by Crippen LogP contribution is -2.15. The lowest BCUT2D eigenvalue weighted by Gasteiger charge is -2.20. The van der Waals surface area contributed by atoms with Gasteiger partial charge in [-0.15, -0.1) is 0 Å². The Kier molecular flexibility index (Phi) is 4.11. The molecule has 2 aromatic carbocycles. The maximum Gasteiger partial charge on any atom is 0.161 e. The van der Waals surface area contributed by atoms with Crippen LogP contribution in [0.25, 0.3) is 0 Å². The molecule has 104 valence electrons. The van der Waals surface area contributed by atoms with Crippen LogP contribution in [0.4, 0.5) is 0 Å². The topological polar surface area (TPSA) is 18.5 Å². The van der Waals surface area contributed by atoms with E-state index in [2.05, 4.69) is 15.9 Å². The van der Waals surface area contributed by atoms with Gasteiger partial charge in [0, 0.05) is 10.0 Å². The van der Waals surface area contributed by atoms with Crippen LogP contribution in [0.15, 0.2) is 36.4 Å². The van der Waals surface area contributed by atoms with Gasteiger partial charge in [0.2, 0.25) is 0 Å². The molecule has 20 heavy (non-hydrogen) atoms. The van der Waals surface area contributed by atoms with Crippen molar-refractivity contribution < 1.29 is 9.47 Å². The molecule has 1 aliphatic rings. The molecule has 0 aromatic heterocycles. The smallest absolute Gasteiger partial charge is 0.161 e. The summed E-state index contributed by atoms with van der Waals surface area (Å²) in [6, 6.07) is 11.4. The van der Waals surface area contributed by atoms with Crippen LogP contribution in [0.2, 0.25) is 10.0 Å². The summed E-state index contributed by atoms with van der Waals surface area (Å²) in [5.41, 5.74) is 2.06. The number of benzene rings is 2. The van der Waals surface area contributed by atoms with Crippen molar-refractivity contribution in [2.24, 2.45) is 0 Å². The van der Waals surface area contributed by atoms with Gasteiger partial charge in [0.1, 0.15) is 13.2 Å². The third kappa shape index (κ3) is 2.90. The summed E-state index contributed by atoms with van der Waals surface area (Å²) in [5.74, 6) is 1.55. The largest absolute Gasteiger partial charge is 0.486 e. The van der Waals surface area contributed by atoms with E-state index < -0.39 is 0 Å². The maximum absolute atomic E-state index is 6.05. The third-order valence-electron chi connectivity index (χ3n) is 3.04. The standard InChI is InChI=1S/C15H11BrCl2O2/c16-15(10-5-11(17)8-12(18)6-10)9-1-2-13-14(7-9)20-4-3-19-13/h1-2,5-8,15H,3-4H2. The number of fused-ring (bicyclic) bond motifs is 1. The van der Waals surface area contributed by atoms with Gasteiger partial charge in [-0.25, -0.2) is 0 Å². The molecule has 3 rings (SSSR count). The normalized spacial score (nSPS) is 14.9. The lowest BCUT2D eigenvalue weighted by molar-refractivity contribution is 0.171. The summed E-state index contributed by atoms with van der Waals surface area (Å²) in [4.78, 5) is -0.00507. The fraction of sp³-hybridized carbons (Fsp3) is 0.200. The molecule has 0 N–H and O–H groups in total. The van der Waals surface area contributed by atoms with Gasteiger partial charge in [-0.05, 0) is 41.5 Å². The molecule has 2 aromatic rings. The highest BCUT2D eigenvalue weighted by Crippen LogP contribution is 2.39. The number of halogens is 3. The number of ether oxygens (including phenoxy) is 2. The molecule has 2 nitrogen and oxygen atoms in total. The van der Waals surface area contributed by atoms with Crippen LogP contribution >= 0.6 is 39.1 Å². The summed E-state index contributed by atoms with van der Waals surface area (Å²) < 4.78 is 11.1. The van der Waals surface area contributed by atoms with E-state index in [1.807, 2.05) is 30.3 Å². The predicted octanol–water partition coefficient (Wildman–Crippen LogP) is 5.25. The minimum Gasteiger partial charge on any atom is -0.486 e. The molecule has 1 aliphatic heterocycles. The quantitative estimate of drug-likeness (QED) is 0.669. The van der Waals surface area contributed by atoms with Crippen LogP contribution in [-0.2, 0) is 0 Å². The second kappa shape index (κ2) is 5.84. The average molecular weight is 374 g/mol. The van der Waals surface area contributed by atoms with E-state index >= 15 is 0 Å². The van der Waals surface area contributed by atoms with Gasteiger partial charge in [-0.3, -0.25) is 0 Å². The first-order valence-corrected chi connectivity index (χ1v) is 7.80. The van der Waals surface area contributed by atoms with Crippen molar-refractivity contribution in [3.05, 3.63) is 57.6 Å². The Morgan fingerprint density at radius 1 is 0.850 bits per heavy atom. The van der Waals surface area contributed by atoms with Crippen LogP contribution in [0, 0.1) is 0 Å². The molecule has 1 unspecified atom stereocenters. The summed E-state index contributed by atoms with van der Waals surface area (Å²) in [6.45, 7) is 1.17. The Balaban J connectivity index is 1.95. The molecule has 5 heteroatoms. The highest BCUT2D eigenvalue weighted by molar-refractivity contribution is 9.09. The SMILES string of the molecule is Clc1cc(Cl)cc(C(Br)c2ccc3c(c2)OCCO3)c1. The van der Waals surface area contributed by atoms with E-state index in [1.165, 1.54) is 0 Å². The predicted molar refractivity (Wildman–Crippen MR) is 84.7 cm³/mol. The number of hydrogen-bond donors (Lipinski definition) is 0. The van der Waals surface area contributed by atoms with Crippen LogP contribution in [0.3, 0.4) is 0 Å². The highest BCUT2D eigenvalue weighted by atomic mass is 79.9. The zero-order valence-electron chi connectivity index (χ0n) is 10.4. The first-order valence-electron chi connectivity index (χ1n) is 6.13. The highest BCUT2D eigenvalue weighted by Gasteiger charge is 2.17. The maximum atomic E-state index is 6.05. The second-order valence-electron chi connectivity index (χ2n) is 4.47. The van der Waals surface area contributed by atoms with E-state index in [-0.39, 0.29) is 4.83 Å². The van der Waals surface area contributed by atoms with E-state index in [1.54, 1.807) is 6.07 Å². The molecular weight excluding hydrogens is 363 g/mol. The molecule has 0 radical (unpaired) electrons. The summed E-state index contributed by atoms with van der Waals surface area (Å²) >= 11 is 15.8. The van der Waals surface area contributed by atoms with Gasteiger partial charge in [0.25, 0.3) is 0 Å². The van der Waals surface area contributed by atoms with Crippen molar-refractivity contribution in [2.75, 3.05) is 13.2 Å². The van der Waals surface area contributed by atoms with Crippen LogP contribution in [-0.4, -0.2) is 13.2 Å². The molecule has 0 aliphatic carbocycles. The number of hydrogen-bond acceptors (Lipinski definition) is 2. The Morgan fingerprint density at radius 2 is 1.50 bits per heavy atom. The van der Waals surface area contributed by atoms with Crippen molar-refractivity contribution in [1.82, 2.24) is 0 Å². The molecular formula is C15H11BrCl2O2. The molecule has 0 saturated heterocycles. The average Bonchev–Trinajstić information content (AvgIpc) is 2.45. The first-order chi connectivity index (χ1) is 9.63. The summed E-state index contributed by atoms with van der Waals surface area (Å²) in [7, 11) is 0. The van der Waals surface area contributed by atoms with Crippen LogP contribution in [0.5, 0.6) is 11.5 Å². The van der Waals surface area contributed by atoms with E-state index in [0.717, 1.165) is 22.6 Å². The Hall–Kier alpha value is -0.900. The van der Waals surface area contributed by atoms with Gasteiger partial charge < -0.3 is 9.47 Å². The Morgan fingerprint density at radius 3 is 2.20 bits per heavy atom. The van der Waals surface area contributed by atoms with E-state index in [0.29, 0.717) is 23.3 Å². The molecule has 0 saturated carbocycles. The van der Waals surface area contributed by atoms with E-state index in [4.69, 9.17) is 32.7 Å². The lowest BCUT2D eigenvalue weighted by atomic mass is 10.0. The molecule has 1 heterocycles. The number of rotatable bonds is 2. The molecule has 0 bridgehead atoms. The molecule has 0 amide bonds. The summed E-state index contributed by atoms with van der Waals surface area (Å²) in [5, 5.41) is 1.24. The van der Waals surface area contributed by atoms with Gasteiger partial charge in [0.15, 0.2) is 11.5 Å². The fourth-order valence-electron chi connectivity index (χ4n) is 2.13. The van der Waals surface area contributed by atoms with Crippen molar-refractivity contribution in [3.63, 3.8) is 0 Å². The van der Waals surface area contributed by atoms with Crippen LogP contribution < -0.4 is 9.47 Å². The van der Waals surface area contributed by atoms with Gasteiger partial charge in [-0.2, -0.15) is 0 Å². The summed E-state index contributed by atoms with van der Waals surface area (Å²) in [6.07, 6.45) is 0. The van der Waals surface area contributed by atoms with E-state index in [9.17, 15) is 0 Å². The van der Waals surface area contributed by atoms with Crippen molar-refractivity contribution in [1.29, 1.82) is 0 Å².